The first-order valence-corrected chi connectivity index (χ1v) is 6.78. The number of nitrogens with two attached hydrogens (primary N) is 1. The van der Waals surface area contributed by atoms with E-state index in [1.54, 1.807) is 12.4 Å². The molecule has 0 spiro atoms. The van der Waals surface area contributed by atoms with Gasteiger partial charge in [0.05, 0.1) is 9.77 Å². The van der Waals surface area contributed by atoms with Crippen molar-refractivity contribution >= 4 is 40.3 Å². The first-order chi connectivity index (χ1) is 8.15. The van der Waals surface area contributed by atoms with Crippen molar-refractivity contribution in [3.63, 3.8) is 0 Å². The van der Waals surface area contributed by atoms with Crippen molar-refractivity contribution < 1.29 is 0 Å². The lowest BCUT2D eigenvalue weighted by atomic mass is 10.3. The van der Waals surface area contributed by atoms with Gasteiger partial charge in [-0.25, -0.2) is 9.67 Å². The van der Waals surface area contributed by atoms with Crippen LogP contribution in [0.25, 0.3) is 5.82 Å². The number of hydrogen-bond acceptors (Lipinski definition) is 6. The molecule has 0 unspecified atom stereocenters. The molecule has 17 heavy (non-hydrogen) atoms. The van der Waals surface area contributed by atoms with Crippen molar-refractivity contribution in [1.29, 1.82) is 5.26 Å². The topological polar surface area (TPSA) is 93.4 Å². The Hall–Kier alpha value is -1.34. The molecule has 2 aromatic heterocycles. The van der Waals surface area contributed by atoms with Gasteiger partial charge in [-0.15, -0.1) is 11.8 Å². The Morgan fingerprint density at radius 3 is 2.82 bits per heavy atom. The number of anilines is 1. The SMILES string of the molecule is CSc1nc(N)nc(-n2cc(I)cn2)c1C#N. The first-order valence-electron chi connectivity index (χ1n) is 4.48. The summed E-state index contributed by atoms with van der Waals surface area (Å²) in [5.41, 5.74) is 6.00. The van der Waals surface area contributed by atoms with E-state index in [1.165, 1.54) is 16.4 Å². The molecule has 0 saturated heterocycles. The fourth-order valence-corrected chi connectivity index (χ4v) is 2.19. The molecule has 0 aromatic carbocycles. The molecule has 0 amide bonds. The highest BCUT2D eigenvalue weighted by Gasteiger charge is 2.15. The maximum absolute atomic E-state index is 9.16. The number of halogens is 1. The van der Waals surface area contributed by atoms with Crippen molar-refractivity contribution in [2.45, 2.75) is 5.03 Å². The number of thioether (sulfide) groups is 1. The van der Waals surface area contributed by atoms with Gasteiger partial charge in [-0.05, 0) is 28.8 Å². The van der Waals surface area contributed by atoms with Gasteiger partial charge in [-0.2, -0.15) is 15.3 Å². The third-order valence-corrected chi connectivity index (χ3v) is 3.19. The molecule has 0 saturated carbocycles. The Bertz CT molecular complexity index is 602. The summed E-state index contributed by atoms with van der Waals surface area (Å²) >= 11 is 3.48. The van der Waals surface area contributed by atoms with E-state index in [2.05, 4.69) is 43.7 Å². The largest absolute Gasteiger partial charge is 0.368 e. The summed E-state index contributed by atoms with van der Waals surface area (Å²) in [6.07, 6.45) is 5.28. The second-order valence-corrected chi connectivity index (χ2v) is 5.05. The molecule has 0 aliphatic heterocycles. The highest BCUT2D eigenvalue weighted by atomic mass is 127. The summed E-state index contributed by atoms with van der Waals surface area (Å²) < 4.78 is 2.48. The zero-order valence-electron chi connectivity index (χ0n) is 8.75. The van der Waals surface area contributed by atoms with Crippen LogP contribution in [-0.2, 0) is 0 Å². The van der Waals surface area contributed by atoms with E-state index in [0.29, 0.717) is 16.4 Å². The van der Waals surface area contributed by atoms with Crippen LogP contribution in [0.4, 0.5) is 5.95 Å². The maximum Gasteiger partial charge on any atom is 0.223 e. The van der Waals surface area contributed by atoms with Gasteiger partial charge in [0.15, 0.2) is 5.82 Å². The third-order valence-electron chi connectivity index (χ3n) is 1.95. The monoisotopic (exact) mass is 358 g/mol. The summed E-state index contributed by atoms with van der Waals surface area (Å²) in [5, 5.41) is 13.8. The Kier molecular flexibility index (Phi) is 3.49. The summed E-state index contributed by atoms with van der Waals surface area (Å²) in [4.78, 5) is 8.08. The fourth-order valence-electron chi connectivity index (χ4n) is 1.27. The molecule has 0 fully saturated rings. The number of rotatable bonds is 2. The third kappa shape index (κ3) is 2.34. The molecule has 6 nitrogen and oxygen atoms in total. The highest BCUT2D eigenvalue weighted by molar-refractivity contribution is 14.1. The Morgan fingerprint density at radius 2 is 2.29 bits per heavy atom. The van der Waals surface area contributed by atoms with E-state index in [1.807, 2.05) is 6.26 Å². The van der Waals surface area contributed by atoms with Crippen molar-refractivity contribution in [3.05, 3.63) is 21.5 Å². The predicted octanol–water partition coefficient (Wildman–Crippen LogP) is 1.44. The predicted molar refractivity (Wildman–Crippen MR) is 72.8 cm³/mol. The van der Waals surface area contributed by atoms with Crippen LogP contribution in [0.15, 0.2) is 17.4 Å². The normalized spacial score (nSPS) is 10.2. The van der Waals surface area contributed by atoms with E-state index >= 15 is 0 Å². The van der Waals surface area contributed by atoms with E-state index < -0.39 is 0 Å². The van der Waals surface area contributed by atoms with Crippen LogP contribution >= 0.6 is 34.4 Å². The van der Waals surface area contributed by atoms with Gasteiger partial charge < -0.3 is 5.73 Å². The number of hydrogen-bond donors (Lipinski definition) is 1. The number of aromatic nitrogens is 4. The molecular weight excluding hydrogens is 351 g/mol. The van der Waals surface area contributed by atoms with Gasteiger partial charge in [-0.3, -0.25) is 0 Å². The van der Waals surface area contributed by atoms with E-state index in [4.69, 9.17) is 11.0 Å². The van der Waals surface area contributed by atoms with Crippen LogP contribution in [0.5, 0.6) is 0 Å². The molecule has 0 aliphatic carbocycles. The Balaban J connectivity index is 2.68. The minimum Gasteiger partial charge on any atom is -0.368 e. The van der Waals surface area contributed by atoms with Crippen LogP contribution in [0.3, 0.4) is 0 Å². The molecule has 8 heteroatoms. The summed E-state index contributed by atoms with van der Waals surface area (Å²) in [7, 11) is 0. The zero-order valence-corrected chi connectivity index (χ0v) is 11.7. The second kappa shape index (κ2) is 4.89. The summed E-state index contributed by atoms with van der Waals surface area (Å²) in [6, 6.07) is 2.09. The van der Waals surface area contributed by atoms with Gasteiger partial charge in [0.1, 0.15) is 16.7 Å². The lowest BCUT2D eigenvalue weighted by molar-refractivity contribution is 0.825. The Morgan fingerprint density at radius 1 is 1.53 bits per heavy atom. The molecule has 0 atom stereocenters. The van der Waals surface area contributed by atoms with E-state index in [9.17, 15) is 0 Å². The molecular formula is C9H7IN6S. The lowest BCUT2D eigenvalue weighted by Crippen LogP contribution is -2.08. The quantitative estimate of drug-likeness (QED) is 0.496. The van der Waals surface area contributed by atoms with Crippen molar-refractivity contribution in [2.24, 2.45) is 0 Å². The van der Waals surface area contributed by atoms with Gasteiger partial charge >= 0.3 is 0 Å². The van der Waals surface area contributed by atoms with Gasteiger partial charge in [-0.1, -0.05) is 0 Å². The highest BCUT2D eigenvalue weighted by Crippen LogP contribution is 2.23. The van der Waals surface area contributed by atoms with Crippen molar-refractivity contribution in [1.82, 2.24) is 19.7 Å². The van der Waals surface area contributed by atoms with Crippen LogP contribution in [0.2, 0.25) is 0 Å². The molecule has 0 radical (unpaired) electrons. The lowest BCUT2D eigenvalue weighted by Gasteiger charge is -2.06. The van der Waals surface area contributed by atoms with Crippen LogP contribution in [0.1, 0.15) is 5.56 Å². The van der Waals surface area contributed by atoms with Gasteiger partial charge in [0, 0.05) is 6.20 Å². The standard InChI is InChI=1S/C9H7IN6S/c1-17-8-6(2-11)7(14-9(12)15-8)16-4-5(10)3-13-16/h3-4H,1H3,(H2,12,14,15). The average molecular weight is 358 g/mol. The molecule has 2 aromatic rings. The zero-order chi connectivity index (χ0) is 12.4. The van der Waals surface area contributed by atoms with Crippen LogP contribution in [-0.4, -0.2) is 26.0 Å². The first kappa shape index (κ1) is 12.1. The van der Waals surface area contributed by atoms with E-state index in [0.717, 1.165) is 3.57 Å². The second-order valence-electron chi connectivity index (χ2n) is 3.00. The van der Waals surface area contributed by atoms with Crippen molar-refractivity contribution in [3.8, 4) is 11.9 Å². The fraction of sp³-hybridized carbons (Fsp3) is 0.111. The Labute approximate surface area is 115 Å². The van der Waals surface area contributed by atoms with E-state index in [-0.39, 0.29) is 5.95 Å². The van der Waals surface area contributed by atoms with Crippen molar-refractivity contribution in [2.75, 3.05) is 12.0 Å². The number of nitriles is 1. The molecule has 86 valence electrons. The molecule has 0 aliphatic rings. The van der Waals surface area contributed by atoms with Gasteiger partial charge in [0.25, 0.3) is 0 Å². The average Bonchev–Trinajstić information content (AvgIpc) is 2.74. The van der Waals surface area contributed by atoms with Crippen LogP contribution in [0, 0.1) is 14.9 Å². The number of nitrogen functional groups attached to an aromatic ring is 1. The van der Waals surface area contributed by atoms with Gasteiger partial charge in [0.2, 0.25) is 5.95 Å². The van der Waals surface area contributed by atoms with Crippen LogP contribution < -0.4 is 5.73 Å². The smallest absolute Gasteiger partial charge is 0.223 e. The number of nitrogens with zero attached hydrogens (tertiary/aromatic N) is 5. The summed E-state index contributed by atoms with van der Waals surface area (Å²) in [6.45, 7) is 0. The molecule has 0 bridgehead atoms. The molecule has 2 heterocycles. The molecule has 2 rings (SSSR count). The summed E-state index contributed by atoms with van der Waals surface area (Å²) in [5.74, 6) is 0.543. The molecule has 2 N–H and O–H groups in total. The minimum atomic E-state index is 0.133. The minimum absolute atomic E-state index is 0.133. The maximum atomic E-state index is 9.16.